The highest BCUT2D eigenvalue weighted by Crippen LogP contribution is 2.53. The number of hydrogen-bond donors (Lipinski definition) is 17. The van der Waals surface area contributed by atoms with Crippen molar-refractivity contribution in [1.82, 2.24) is 10.6 Å². The minimum Gasteiger partial charge on any atom is -0.507 e. The maximum absolute atomic E-state index is 14.1. The maximum Gasteiger partial charge on any atom is 0.407 e. The number of fused-ring (bicyclic) bond motifs is 3. The van der Waals surface area contributed by atoms with Crippen LogP contribution < -0.4 is 21.1 Å². The minimum atomic E-state index is -2.53. The number of nitrogens with two attached hydrogens (primary N) is 1. The number of benzene rings is 3. The van der Waals surface area contributed by atoms with Gasteiger partial charge >= 0.3 is 6.09 Å². The van der Waals surface area contributed by atoms with Crippen LogP contribution in [-0.2, 0) is 71.9 Å². The molecule has 2 saturated heterocycles. The van der Waals surface area contributed by atoms with Crippen LogP contribution in [0.4, 0.5) is 4.79 Å². The number of ketones is 6. The fourth-order valence-corrected chi connectivity index (χ4v) is 11.7. The van der Waals surface area contributed by atoms with E-state index < -0.39 is 243 Å². The second kappa shape index (κ2) is 30.8. The number of hydrogen-bond acceptors (Lipinski definition) is 29. The normalized spacial score (nSPS) is 26.9. The van der Waals surface area contributed by atoms with Gasteiger partial charge in [0.2, 0.25) is 17.6 Å². The Kier molecular flexibility index (Phi) is 24.2. The number of Topliss-reactive ketones (excluding diaryl/α,β-unsaturated/α-hetero) is 4. The largest absolute Gasteiger partial charge is 0.507 e. The molecule has 0 saturated carbocycles. The number of aliphatic hydroxyl groups excluding tert-OH is 11. The average Bonchev–Trinajstić information content (AvgIpc) is 0.712. The van der Waals surface area contributed by atoms with E-state index in [4.69, 9.17) is 34.2 Å². The molecule has 2 aliphatic carbocycles. The molecule has 0 aromatic heterocycles. The lowest BCUT2D eigenvalue weighted by Gasteiger charge is -2.42. The molecule has 19 atom stereocenters. The van der Waals surface area contributed by atoms with Gasteiger partial charge in [-0.15, -0.1) is 0 Å². The molecule has 2 aliphatic heterocycles. The fraction of sp³-hybridized carbons (Fsp3) is 0.557. The van der Waals surface area contributed by atoms with Gasteiger partial charge in [0.1, 0.15) is 96.8 Å². The summed E-state index contributed by atoms with van der Waals surface area (Å²) >= 11 is 0. The first kappa shape index (κ1) is 73.1. The van der Waals surface area contributed by atoms with Crippen LogP contribution in [0.1, 0.15) is 113 Å². The Labute approximate surface area is 529 Å². The number of rotatable bonds is 29. The molecule has 510 valence electrons. The number of phenols is 2. The summed E-state index contributed by atoms with van der Waals surface area (Å²) in [4.78, 5) is 120. The second-order valence-electron chi connectivity index (χ2n) is 23.6. The van der Waals surface area contributed by atoms with Gasteiger partial charge in [-0.25, -0.2) is 4.79 Å². The number of amides is 3. The monoisotopic (exact) mass is 1320 g/mol. The predicted octanol–water partition coefficient (Wildman–Crippen LogP) is -4.75. The lowest BCUT2D eigenvalue weighted by Crippen LogP contribution is -2.61. The summed E-state index contributed by atoms with van der Waals surface area (Å²) in [6, 6.07) is 7.50. The Bertz CT molecular complexity index is 3290. The molecular formula is C61H77N3O29. The Hall–Kier alpha value is -7.35. The van der Waals surface area contributed by atoms with E-state index in [1.807, 2.05) is 0 Å². The molecule has 0 radical (unpaired) electrons. The standard InChI is InChI=1S/C61H77N3O29/c1-23(63-58(85)30(24(2)68)15-35(71)50(78)55(83)57(36(72)19-65)93-59-56(84)54(82)51(79)39(20-66)92-59)33(69)13-28(14-41(62)74)34(70)12-26-8-10-27(11-9-26)22-89-60(86)64-32-16-42(90-25(3)47(32)75)91-38-18-61(87,40(73)21-67)17-31-44(38)53(81)46-45(49(31)77)48(76)29-6-5-7-37(88-4)43(29)52(46)80/h5-11,23-25,28,30,32,36,38-39,42,47,50-51,54-57,59,65-68,72,75,77-79,81-84,87H,12-22H2,1-4H3,(H2,62,74)(H,63,85)(H,64,86)/t23?,24?,25-,28?,30?,32-,36+,38?,39+,42?,47+,50-,51-,54-,55-,56+,57-,59-,61+/m0/s1. The van der Waals surface area contributed by atoms with Gasteiger partial charge in [0.05, 0.1) is 73.3 Å². The Morgan fingerprint density at radius 3 is 2.05 bits per heavy atom. The first-order valence-corrected chi connectivity index (χ1v) is 29.5. The van der Waals surface area contributed by atoms with Crippen LogP contribution in [0.3, 0.4) is 0 Å². The number of carbonyl (C=O) groups is 9. The van der Waals surface area contributed by atoms with Crippen molar-refractivity contribution in [1.29, 1.82) is 0 Å². The van der Waals surface area contributed by atoms with Gasteiger partial charge in [-0.3, -0.25) is 38.4 Å². The van der Waals surface area contributed by atoms with Crippen LogP contribution in [0.15, 0.2) is 42.5 Å². The number of ether oxygens (including phenoxy) is 6. The third kappa shape index (κ3) is 16.1. The molecule has 7 rings (SSSR count). The van der Waals surface area contributed by atoms with Crippen LogP contribution in [-0.4, -0.2) is 248 Å². The number of aliphatic hydroxyl groups is 12. The van der Waals surface area contributed by atoms with E-state index >= 15 is 0 Å². The maximum atomic E-state index is 14.1. The van der Waals surface area contributed by atoms with Crippen LogP contribution in [0.5, 0.6) is 17.2 Å². The summed E-state index contributed by atoms with van der Waals surface area (Å²) in [6.07, 6.45) is -31.3. The predicted molar refractivity (Wildman–Crippen MR) is 309 cm³/mol. The smallest absolute Gasteiger partial charge is 0.407 e. The second-order valence-corrected chi connectivity index (χ2v) is 23.6. The number of methoxy groups -OCH3 is 1. The zero-order valence-electron chi connectivity index (χ0n) is 50.7. The van der Waals surface area contributed by atoms with E-state index in [0.29, 0.717) is 11.1 Å². The molecule has 32 nitrogen and oxygen atoms in total. The molecule has 0 bridgehead atoms. The minimum absolute atomic E-state index is 0.00664. The number of alkyl carbamates (subject to hydrolysis) is 1. The molecule has 4 aliphatic rings. The average molecular weight is 1320 g/mol. The van der Waals surface area contributed by atoms with Crippen LogP contribution in [0, 0.1) is 11.8 Å². The number of nitrogens with one attached hydrogen (secondary N) is 2. The van der Waals surface area contributed by atoms with Crippen LogP contribution >= 0.6 is 0 Å². The molecule has 3 aromatic rings. The van der Waals surface area contributed by atoms with E-state index in [9.17, 15) is 115 Å². The molecule has 2 fully saturated rings. The van der Waals surface area contributed by atoms with Gasteiger partial charge in [0, 0.05) is 67.6 Å². The van der Waals surface area contributed by atoms with Gasteiger partial charge < -0.3 is 116 Å². The van der Waals surface area contributed by atoms with Gasteiger partial charge in [0.25, 0.3) is 0 Å². The Morgan fingerprint density at radius 1 is 0.785 bits per heavy atom. The fourth-order valence-electron chi connectivity index (χ4n) is 11.7. The molecule has 93 heavy (non-hydrogen) atoms. The quantitative estimate of drug-likeness (QED) is 0.0227. The van der Waals surface area contributed by atoms with Crippen molar-refractivity contribution in [3.05, 3.63) is 87.0 Å². The van der Waals surface area contributed by atoms with Crippen LogP contribution in [0.2, 0.25) is 0 Å². The number of aromatic hydroxyl groups is 2. The molecule has 18 N–H and O–H groups in total. The lowest BCUT2D eigenvalue weighted by atomic mass is 9.72. The summed E-state index contributed by atoms with van der Waals surface area (Å²) in [5, 5.41) is 154. The van der Waals surface area contributed by atoms with Crippen molar-refractivity contribution in [3.63, 3.8) is 0 Å². The molecule has 32 heteroatoms. The third-order valence-electron chi connectivity index (χ3n) is 17.1. The molecular weight excluding hydrogens is 1240 g/mol. The van der Waals surface area contributed by atoms with Crippen molar-refractivity contribution in [2.45, 2.75) is 176 Å². The van der Waals surface area contributed by atoms with E-state index in [1.54, 1.807) is 0 Å². The highest BCUT2D eigenvalue weighted by Gasteiger charge is 2.52. The van der Waals surface area contributed by atoms with Crippen molar-refractivity contribution in [3.8, 4) is 17.2 Å². The van der Waals surface area contributed by atoms with Gasteiger partial charge in [0.15, 0.2) is 35.7 Å². The highest BCUT2D eigenvalue weighted by molar-refractivity contribution is 6.31. The zero-order valence-corrected chi connectivity index (χ0v) is 50.7. The van der Waals surface area contributed by atoms with E-state index in [-0.39, 0.29) is 47.5 Å². The highest BCUT2D eigenvalue weighted by atomic mass is 16.7. The van der Waals surface area contributed by atoms with E-state index in [1.165, 1.54) is 63.4 Å². The van der Waals surface area contributed by atoms with Crippen molar-refractivity contribution < 1.29 is 143 Å². The van der Waals surface area contributed by atoms with Crippen molar-refractivity contribution in [2.75, 3.05) is 26.9 Å². The molecule has 3 amide bonds. The number of phenolic OH excluding ortho intramolecular Hbond substituents is 2. The Balaban J connectivity index is 0.936. The van der Waals surface area contributed by atoms with Crippen LogP contribution in [0.25, 0.3) is 0 Å². The molecule has 2 heterocycles. The molecule has 0 spiro atoms. The van der Waals surface area contributed by atoms with E-state index in [0.717, 1.165) is 6.92 Å². The Morgan fingerprint density at radius 2 is 1.44 bits per heavy atom. The van der Waals surface area contributed by atoms with Crippen molar-refractivity contribution in [2.24, 2.45) is 17.6 Å². The van der Waals surface area contributed by atoms with Gasteiger partial charge in [-0.05, 0) is 38.0 Å². The SMILES string of the molecule is COc1cccc2c1C(=O)c1c(O)c3c(c(O)c1C2=O)C[C@](O)(C(=O)CO)CC3OC1C[C@H](NC(=O)OCc2ccc(CC(=O)C(CC(N)=O)CC(=O)C(C)NC(=O)C(CC(=O)[C@H](O)[C@H](O)[C@@H](O[C@@H]3O[C@H](CO)[C@H](O)[C@H](O)[C@H]3O)[C@H](O)CO)C(C)O)cc2)[C@H](O)[C@H](C)O1. The first-order valence-electron chi connectivity index (χ1n) is 29.5. The first-order chi connectivity index (χ1) is 43.8. The topological polar surface area (TPSA) is 542 Å². The number of primary amides is 1. The molecule has 3 aromatic carbocycles. The van der Waals surface area contributed by atoms with Gasteiger partial charge in [-0.1, -0.05) is 36.4 Å². The summed E-state index contributed by atoms with van der Waals surface area (Å²) < 4.78 is 33.4. The lowest BCUT2D eigenvalue weighted by molar-refractivity contribution is -0.326. The summed E-state index contributed by atoms with van der Waals surface area (Å²) in [5.74, 6) is -12.5. The summed E-state index contributed by atoms with van der Waals surface area (Å²) in [6.45, 7) is 0.106. The third-order valence-corrected chi connectivity index (χ3v) is 17.1. The van der Waals surface area contributed by atoms with Gasteiger partial charge in [-0.2, -0.15) is 0 Å². The van der Waals surface area contributed by atoms with Crippen molar-refractivity contribution >= 4 is 52.6 Å². The summed E-state index contributed by atoms with van der Waals surface area (Å²) in [7, 11) is 1.26. The number of carbonyl (C=O) groups excluding carboxylic acids is 9. The van der Waals surface area contributed by atoms with E-state index in [2.05, 4.69) is 10.6 Å². The zero-order chi connectivity index (χ0) is 68.8. The summed E-state index contributed by atoms with van der Waals surface area (Å²) in [5.41, 5.74) is 1.53. The molecule has 6 unspecified atom stereocenters.